The third kappa shape index (κ3) is 4.65. The van der Waals surface area contributed by atoms with Crippen LogP contribution in [0.2, 0.25) is 0 Å². The number of carbonyl (C=O) groups is 1. The van der Waals surface area contributed by atoms with Gasteiger partial charge in [-0.25, -0.2) is 13.2 Å². The molecule has 0 heterocycles. The minimum atomic E-state index is -6.75. The Morgan fingerprint density at radius 2 is 1.62 bits per heavy atom. The molecule has 24 heavy (non-hydrogen) atoms. The highest BCUT2D eigenvalue weighted by atomic mass is 79.9. The zero-order valence-electron chi connectivity index (χ0n) is 10.7. The Kier molecular flexibility index (Phi) is 6.46. The van der Waals surface area contributed by atoms with Crippen molar-refractivity contribution < 1.29 is 44.5 Å². The summed E-state index contributed by atoms with van der Waals surface area (Å²) in [5.74, 6) is -1.92. The van der Waals surface area contributed by atoms with Gasteiger partial charge in [-0.05, 0) is 44.0 Å². The second-order valence-corrected chi connectivity index (χ2v) is 8.11. The highest BCUT2D eigenvalue weighted by Gasteiger charge is 2.63. The van der Waals surface area contributed by atoms with E-state index in [1.54, 1.807) is 0 Å². The van der Waals surface area contributed by atoms with Crippen LogP contribution in [0.3, 0.4) is 0 Å². The first-order valence-corrected chi connectivity index (χ1v) is 9.13. The van der Waals surface area contributed by atoms with E-state index >= 15 is 0 Å². The van der Waals surface area contributed by atoms with Crippen LogP contribution in [0.25, 0.3) is 0 Å². The Labute approximate surface area is 156 Å². The van der Waals surface area contributed by atoms with Crippen molar-refractivity contribution in [3.05, 3.63) is 31.1 Å². The van der Waals surface area contributed by atoms with Gasteiger partial charge >= 0.3 is 17.4 Å². The van der Waals surface area contributed by atoms with Gasteiger partial charge in [0, 0.05) is 13.4 Å². The number of hydrogen-bond donors (Lipinski definition) is 0. The van der Waals surface area contributed by atoms with Crippen molar-refractivity contribution in [1.82, 2.24) is 0 Å². The van der Waals surface area contributed by atoms with Gasteiger partial charge in [0.2, 0.25) is 0 Å². The summed E-state index contributed by atoms with van der Waals surface area (Å²) in [6.07, 6.45) is -10.5. The van der Waals surface area contributed by atoms with Crippen molar-refractivity contribution >= 4 is 63.9 Å². The van der Waals surface area contributed by atoms with Gasteiger partial charge in [-0.15, -0.1) is 0 Å². The van der Waals surface area contributed by atoms with Crippen molar-refractivity contribution in [2.75, 3.05) is 0 Å². The molecule has 1 aromatic rings. The standard InChI is InChI=1S/C10H4Br3F5O5S/c11-3-1-4(6(13)5(12)2-3)7(19)23-8(9(14,15)16)10(17,18)24(20,21)22/h1-2,8H,(H,20,21,22)/p-1. The average molecular weight is 570 g/mol. The lowest BCUT2D eigenvalue weighted by atomic mass is 10.2. The number of ether oxygens (including phenoxy) is 1. The smallest absolute Gasteiger partial charge is 0.432 e. The third-order valence-electron chi connectivity index (χ3n) is 2.37. The summed E-state index contributed by atoms with van der Waals surface area (Å²) >= 11 is 8.69. The number of alkyl halides is 5. The van der Waals surface area contributed by atoms with Crippen LogP contribution in [-0.4, -0.2) is 36.5 Å². The Morgan fingerprint density at radius 1 is 1.12 bits per heavy atom. The number of hydrogen-bond acceptors (Lipinski definition) is 5. The molecule has 0 fully saturated rings. The van der Waals surface area contributed by atoms with Crippen molar-refractivity contribution in [2.45, 2.75) is 17.5 Å². The van der Waals surface area contributed by atoms with E-state index in [0.717, 1.165) is 6.07 Å². The van der Waals surface area contributed by atoms with Crippen LogP contribution in [0.1, 0.15) is 10.4 Å². The van der Waals surface area contributed by atoms with Gasteiger partial charge < -0.3 is 9.29 Å². The molecule has 1 unspecified atom stereocenters. The first-order chi connectivity index (χ1) is 10.6. The molecule has 0 N–H and O–H groups in total. The molecule has 0 aliphatic heterocycles. The molecule has 0 spiro atoms. The van der Waals surface area contributed by atoms with Gasteiger partial charge in [-0.1, -0.05) is 15.9 Å². The molecule has 0 saturated heterocycles. The van der Waals surface area contributed by atoms with Crippen molar-refractivity contribution in [2.24, 2.45) is 0 Å². The molecular weight excluding hydrogens is 567 g/mol. The van der Waals surface area contributed by atoms with Gasteiger partial charge in [-0.3, -0.25) is 0 Å². The minimum absolute atomic E-state index is 0.134. The van der Waals surface area contributed by atoms with Crippen LogP contribution in [0.5, 0.6) is 0 Å². The first-order valence-electron chi connectivity index (χ1n) is 5.34. The summed E-state index contributed by atoms with van der Waals surface area (Å²) in [5, 5.41) is -5.91. The Hall–Kier alpha value is -0.310. The lowest BCUT2D eigenvalue weighted by molar-refractivity contribution is -0.248. The highest BCUT2D eigenvalue weighted by molar-refractivity contribution is 9.13. The van der Waals surface area contributed by atoms with Crippen molar-refractivity contribution in [3.63, 3.8) is 0 Å². The summed E-state index contributed by atoms with van der Waals surface area (Å²) in [4.78, 5) is 11.8. The maximum atomic E-state index is 13.3. The van der Waals surface area contributed by atoms with Gasteiger partial charge in [0.05, 0.1) is 5.56 Å². The van der Waals surface area contributed by atoms with Crippen LogP contribution in [0.4, 0.5) is 22.0 Å². The molecule has 5 nitrogen and oxygen atoms in total. The maximum Gasteiger partial charge on any atom is 0.432 e. The molecule has 0 aromatic heterocycles. The van der Waals surface area contributed by atoms with E-state index in [9.17, 15) is 39.7 Å². The third-order valence-corrected chi connectivity index (χ3v) is 5.72. The lowest BCUT2D eigenvalue weighted by Gasteiger charge is -2.29. The number of benzene rings is 1. The number of rotatable bonds is 4. The quantitative estimate of drug-likeness (QED) is 0.235. The predicted molar refractivity (Wildman–Crippen MR) is 79.4 cm³/mol. The van der Waals surface area contributed by atoms with Crippen LogP contribution in [0, 0.1) is 0 Å². The first kappa shape index (κ1) is 21.7. The van der Waals surface area contributed by atoms with Crippen molar-refractivity contribution in [1.29, 1.82) is 0 Å². The fourth-order valence-corrected chi connectivity index (χ4v) is 3.39. The van der Waals surface area contributed by atoms with E-state index in [2.05, 4.69) is 52.5 Å². The highest BCUT2D eigenvalue weighted by Crippen LogP contribution is 2.39. The average Bonchev–Trinajstić information content (AvgIpc) is 2.36. The second kappa shape index (κ2) is 7.13. The van der Waals surface area contributed by atoms with E-state index in [-0.39, 0.29) is 13.4 Å². The van der Waals surface area contributed by atoms with Gasteiger partial charge in [0.15, 0.2) is 10.1 Å². The summed E-state index contributed by atoms with van der Waals surface area (Å²) in [5.41, 5.74) is -0.621. The number of halogens is 8. The molecule has 0 aliphatic rings. The predicted octanol–water partition coefficient (Wildman–Crippen LogP) is 4.20. The molecule has 0 bridgehead atoms. The SMILES string of the molecule is O=C(OC(C(F)(F)F)C(F)(F)S(=O)(=O)[O-])c1cc(Br)cc(Br)c1Br. The largest absolute Gasteiger partial charge is 0.743 e. The monoisotopic (exact) mass is 567 g/mol. The molecule has 136 valence electrons. The summed E-state index contributed by atoms with van der Waals surface area (Å²) < 4.78 is 99.7. The molecular formula is C10H3Br3F5O5S-. The molecule has 14 heteroatoms. The number of carbonyl (C=O) groups excluding carboxylic acids is 1. The van der Waals surface area contributed by atoms with E-state index in [1.807, 2.05) is 0 Å². The molecule has 1 aromatic carbocycles. The summed E-state index contributed by atoms with van der Waals surface area (Å²) in [6.45, 7) is 0. The van der Waals surface area contributed by atoms with E-state index in [4.69, 9.17) is 0 Å². The molecule has 1 rings (SSSR count). The molecule has 0 saturated carbocycles. The molecule has 0 aliphatic carbocycles. The van der Waals surface area contributed by atoms with Gasteiger partial charge in [-0.2, -0.15) is 22.0 Å². The molecule has 0 radical (unpaired) electrons. The zero-order chi connectivity index (χ0) is 19.1. The normalized spacial score (nSPS) is 14.4. The van der Waals surface area contributed by atoms with Crippen LogP contribution >= 0.6 is 47.8 Å². The molecule has 0 amide bonds. The fourth-order valence-electron chi connectivity index (χ4n) is 1.33. The van der Waals surface area contributed by atoms with Crippen LogP contribution < -0.4 is 0 Å². The van der Waals surface area contributed by atoms with Gasteiger partial charge in [0.1, 0.15) is 0 Å². The Balaban J connectivity index is 3.35. The summed E-state index contributed by atoms with van der Waals surface area (Å²) in [6, 6.07) is 2.31. The van der Waals surface area contributed by atoms with Crippen LogP contribution in [0.15, 0.2) is 25.6 Å². The second-order valence-electron chi connectivity index (χ2n) is 4.09. The van der Waals surface area contributed by atoms with E-state index < -0.39 is 39.2 Å². The Bertz CT molecular complexity index is 765. The Morgan fingerprint density at radius 3 is 2.04 bits per heavy atom. The van der Waals surface area contributed by atoms with Gasteiger partial charge in [0.25, 0.3) is 6.10 Å². The van der Waals surface area contributed by atoms with E-state index in [0.29, 0.717) is 0 Å². The van der Waals surface area contributed by atoms with Crippen molar-refractivity contribution in [3.8, 4) is 0 Å². The molecule has 1 atom stereocenters. The lowest BCUT2D eigenvalue weighted by Crippen LogP contribution is -2.52. The zero-order valence-corrected chi connectivity index (χ0v) is 16.3. The van der Waals surface area contributed by atoms with E-state index in [1.165, 1.54) is 6.07 Å². The fraction of sp³-hybridized carbons (Fsp3) is 0.300. The summed E-state index contributed by atoms with van der Waals surface area (Å²) in [7, 11) is -6.75. The topological polar surface area (TPSA) is 83.5 Å². The minimum Gasteiger partial charge on any atom is -0.743 e. The maximum absolute atomic E-state index is 13.3. The van der Waals surface area contributed by atoms with Crippen LogP contribution in [-0.2, 0) is 14.9 Å². The number of esters is 1.